The van der Waals surface area contributed by atoms with Gasteiger partial charge in [-0.3, -0.25) is 9.35 Å². The summed E-state index contributed by atoms with van der Waals surface area (Å²) >= 11 is 0. The summed E-state index contributed by atoms with van der Waals surface area (Å²) in [5.74, 6) is -1.92. The van der Waals surface area contributed by atoms with Crippen LogP contribution in [0.3, 0.4) is 0 Å². The van der Waals surface area contributed by atoms with Crippen LogP contribution < -0.4 is 0 Å². The van der Waals surface area contributed by atoms with Gasteiger partial charge in [0, 0.05) is 6.42 Å². The van der Waals surface area contributed by atoms with Crippen molar-refractivity contribution in [2.24, 2.45) is 0 Å². The highest BCUT2D eigenvalue weighted by Gasteiger charge is 2.31. The average molecular weight is 280 g/mol. The lowest BCUT2D eigenvalue weighted by atomic mass is 10.3. The van der Waals surface area contributed by atoms with Crippen LogP contribution in [-0.2, 0) is 29.1 Å². The molecule has 2 rings (SSSR count). The highest BCUT2D eigenvalue weighted by molar-refractivity contribution is 7.86. The zero-order valence-corrected chi connectivity index (χ0v) is 10.6. The van der Waals surface area contributed by atoms with Crippen molar-refractivity contribution < 1.29 is 32.0 Å². The molecule has 3 atom stereocenters. The van der Waals surface area contributed by atoms with Crippen molar-refractivity contribution in [3.05, 3.63) is 0 Å². The summed E-state index contributed by atoms with van der Waals surface area (Å²) in [4.78, 5) is 11.2. The van der Waals surface area contributed by atoms with E-state index in [2.05, 4.69) is 0 Å². The van der Waals surface area contributed by atoms with Crippen LogP contribution >= 0.6 is 0 Å². The van der Waals surface area contributed by atoms with Crippen molar-refractivity contribution in [3.63, 3.8) is 0 Å². The predicted molar refractivity (Wildman–Crippen MR) is 59.6 cm³/mol. The van der Waals surface area contributed by atoms with Crippen molar-refractivity contribution in [2.45, 2.75) is 37.6 Å². The van der Waals surface area contributed by atoms with E-state index in [-0.39, 0.29) is 18.3 Å². The number of rotatable bonds is 6. The van der Waals surface area contributed by atoms with Crippen molar-refractivity contribution in [3.8, 4) is 0 Å². The number of epoxide rings is 1. The van der Waals surface area contributed by atoms with Crippen LogP contribution in [0.15, 0.2) is 0 Å². The van der Waals surface area contributed by atoms with Gasteiger partial charge in [0.05, 0.1) is 19.3 Å². The van der Waals surface area contributed by atoms with Crippen LogP contribution in [0, 0.1) is 0 Å². The number of esters is 1. The summed E-state index contributed by atoms with van der Waals surface area (Å²) in [6.45, 7) is 1.29. The lowest BCUT2D eigenvalue weighted by molar-refractivity contribution is -0.145. The van der Waals surface area contributed by atoms with Gasteiger partial charge >= 0.3 is 5.97 Å². The predicted octanol–water partition coefficient (Wildman–Crippen LogP) is -0.246. The summed E-state index contributed by atoms with van der Waals surface area (Å²) < 4.78 is 45.0. The fraction of sp³-hybridized carbons (Fsp3) is 0.900. The molecule has 0 aromatic rings. The first-order valence-electron chi connectivity index (χ1n) is 5.80. The van der Waals surface area contributed by atoms with Gasteiger partial charge in [-0.2, -0.15) is 8.42 Å². The van der Waals surface area contributed by atoms with Crippen LogP contribution in [0.5, 0.6) is 0 Å². The third kappa shape index (κ3) is 4.89. The van der Waals surface area contributed by atoms with Crippen molar-refractivity contribution in [1.29, 1.82) is 0 Å². The van der Waals surface area contributed by atoms with Crippen molar-refractivity contribution >= 4 is 16.1 Å². The van der Waals surface area contributed by atoms with Gasteiger partial charge in [-0.1, -0.05) is 0 Å². The summed E-state index contributed by atoms with van der Waals surface area (Å²) in [5.41, 5.74) is 0. The summed E-state index contributed by atoms with van der Waals surface area (Å²) in [5, 5.41) is 0. The molecule has 3 unspecified atom stereocenters. The molecule has 0 bridgehead atoms. The summed E-state index contributed by atoms with van der Waals surface area (Å²) in [7, 11) is -4.31. The molecule has 0 aromatic carbocycles. The number of carbonyl (C=O) groups excluding carboxylic acids is 1. The third-order valence-electron chi connectivity index (χ3n) is 2.85. The zero-order chi connectivity index (χ0) is 13.2. The lowest BCUT2D eigenvalue weighted by Crippen LogP contribution is -2.23. The second-order valence-electron chi connectivity index (χ2n) is 4.56. The van der Waals surface area contributed by atoms with E-state index in [1.807, 2.05) is 0 Å². The van der Waals surface area contributed by atoms with Gasteiger partial charge in [0.25, 0.3) is 10.1 Å². The van der Waals surface area contributed by atoms with E-state index < -0.39 is 21.8 Å². The van der Waals surface area contributed by atoms with Crippen LogP contribution in [0.2, 0.25) is 0 Å². The Morgan fingerprint density at radius 1 is 1.33 bits per heavy atom. The van der Waals surface area contributed by atoms with Gasteiger partial charge in [-0.25, -0.2) is 0 Å². The SMILES string of the molecule is O=C(CS(=O)(=O)O)OC1CCC(OCC2CO2)C1. The Balaban J connectivity index is 1.66. The minimum absolute atomic E-state index is 0.0257. The number of hydrogen-bond acceptors (Lipinski definition) is 6. The molecule has 0 spiro atoms. The minimum Gasteiger partial charge on any atom is -0.461 e. The molecule has 0 amide bonds. The first-order valence-corrected chi connectivity index (χ1v) is 7.41. The van der Waals surface area contributed by atoms with Gasteiger partial charge in [-0.15, -0.1) is 0 Å². The fourth-order valence-corrected chi connectivity index (χ4v) is 2.30. The monoisotopic (exact) mass is 280 g/mol. The Bertz CT molecular complexity index is 400. The largest absolute Gasteiger partial charge is 0.461 e. The standard InChI is InChI=1S/C10H16O7S/c11-10(6-18(12,13)14)17-8-2-1-7(3-8)15-4-9-5-16-9/h7-9H,1-6H2,(H,12,13,14). The third-order valence-corrected chi connectivity index (χ3v) is 3.46. The number of ether oxygens (including phenoxy) is 3. The smallest absolute Gasteiger partial charge is 0.323 e. The molecule has 0 aromatic heterocycles. The molecule has 1 N–H and O–H groups in total. The van der Waals surface area contributed by atoms with Crippen LogP contribution in [0.25, 0.3) is 0 Å². The first-order chi connectivity index (χ1) is 8.42. The van der Waals surface area contributed by atoms with Crippen LogP contribution in [0.1, 0.15) is 19.3 Å². The summed E-state index contributed by atoms with van der Waals surface area (Å²) in [6.07, 6.45) is 1.88. The van der Waals surface area contributed by atoms with Gasteiger partial charge in [-0.05, 0) is 12.8 Å². The van der Waals surface area contributed by atoms with E-state index in [0.717, 1.165) is 13.0 Å². The zero-order valence-electron chi connectivity index (χ0n) is 9.78. The Hall–Kier alpha value is -0.700. The molecule has 8 heteroatoms. The van der Waals surface area contributed by atoms with E-state index >= 15 is 0 Å². The Morgan fingerprint density at radius 2 is 2.00 bits per heavy atom. The molecule has 2 fully saturated rings. The quantitative estimate of drug-likeness (QED) is 0.406. The van der Waals surface area contributed by atoms with E-state index in [1.165, 1.54) is 0 Å². The topological polar surface area (TPSA) is 102 Å². The Labute approximate surface area is 105 Å². The van der Waals surface area contributed by atoms with Gasteiger partial charge < -0.3 is 14.2 Å². The molecule has 1 aliphatic heterocycles. The average Bonchev–Trinajstić information content (AvgIpc) is 2.94. The highest BCUT2D eigenvalue weighted by atomic mass is 32.2. The second-order valence-corrected chi connectivity index (χ2v) is 6.01. The Morgan fingerprint density at radius 3 is 2.61 bits per heavy atom. The maximum absolute atomic E-state index is 11.2. The van der Waals surface area contributed by atoms with Crippen molar-refractivity contribution in [1.82, 2.24) is 0 Å². The molecule has 18 heavy (non-hydrogen) atoms. The fourth-order valence-electron chi connectivity index (χ4n) is 1.94. The molecule has 104 valence electrons. The highest BCUT2D eigenvalue weighted by Crippen LogP contribution is 2.26. The van der Waals surface area contributed by atoms with E-state index in [1.54, 1.807) is 0 Å². The van der Waals surface area contributed by atoms with E-state index in [4.69, 9.17) is 18.8 Å². The first kappa shape index (κ1) is 13.7. The van der Waals surface area contributed by atoms with Crippen molar-refractivity contribution in [2.75, 3.05) is 19.0 Å². The number of hydrogen-bond donors (Lipinski definition) is 1. The van der Waals surface area contributed by atoms with Gasteiger partial charge in [0.2, 0.25) is 0 Å². The molecule has 1 heterocycles. The molecule has 2 aliphatic rings. The Kier molecular flexibility index (Phi) is 4.21. The second kappa shape index (κ2) is 5.52. The minimum atomic E-state index is -4.31. The normalized spacial score (nSPS) is 31.3. The van der Waals surface area contributed by atoms with E-state index in [9.17, 15) is 13.2 Å². The molecule has 7 nitrogen and oxygen atoms in total. The van der Waals surface area contributed by atoms with Gasteiger partial charge in [0.15, 0.2) is 5.75 Å². The molecule has 1 saturated heterocycles. The molecule has 1 aliphatic carbocycles. The maximum atomic E-state index is 11.2. The molecule has 0 radical (unpaired) electrons. The van der Waals surface area contributed by atoms with Crippen LogP contribution in [0.4, 0.5) is 0 Å². The molecule has 1 saturated carbocycles. The summed E-state index contributed by atoms with van der Waals surface area (Å²) in [6, 6.07) is 0. The molecular formula is C10H16O7S. The van der Waals surface area contributed by atoms with E-state index in [0.29, 0.717) is 19.4 Å². The number of carbonyl (C=O) groups is 1. The lowest BCUT2D eigenvalue weighted by Gasteiger charge is -2.12. The molecular weight excluding hydrogens is 264 g/mol. The van der Waals surface area contributed by atoms with Crippen LogP contribution in [-0.4, -0.2) is 56.2 Å². The maximum Gasteiger partial charge on any atom is 0.323 e. The van der Waals surface area contributed by atoms with Gasteiger partial charge in [0.1, 0.15) is 12.2 Å².